The number of rotatable bonds is 3. The van der Waals surface area contributed by atoms with Gasteiger partial charge in [-0.05, 0) is 40.9 Å². The van der Waals surface area contributed by atoms with Crippen LogP contribution in [0.1, 0.15) is 50.3 Å². The Hall–Kier alpha value is -0.820. The standard InChI is InChI=1S/C16H25N/c1-11(2)7-13-5-6-15-14(8-13)9-17-10-16(15)12(3)4/h5-6,8,11-12,16-17H,7,9-10H2,1-4H3. The first-order chi connectivity index (χ1) is 8.08. The van der Waals surface area contributed by atoms with Crippen LogP contribution in [0.25, 0.3) is 0 Å². The van der Waals surface area contributed by atoms with E-state index in [9.17, 15) is 0 Å². The molecule has 0 fully saturated rings. The molecule has 0 aliphatic carbocycles. The average Bonchev–Trinajstić information content (AvgIpc) is 2.26. The first-order valence-corrected chi connectivity index (χ1v) is 6.90. The highest BCUT2D eigenvalue weighted by atomic mass is 14.9. The molecule has 0 saturated carbocycles. The number of fused-ring (bicyclic) bond motifs is 1. The summed E-state index contributed by atoms with van der Waals surface area (Å²) in [7, 11) is 0. The highest BCUT2D eigenvalue weighted by molar-refractivity contribution is 5.37. The van der Waals surface area contributed by atoms with E-state index in [1.165, 1.54) is 17.5 Å². The number of benzene rings is 1. The van der Waals surface area contributed by atoms with E-state index < -0.39 is 0 Å². The van der Waals surface area contributed by atoms with Gasteiger partial charge in [0, 0.05) is 13.1 Å². The summed E-state index contributed by atoms with van der Waals surface area (Å²) in [5.41, 5.74) is 4.59. The summed E-state index contributed by atoms with van der Waals surface area (Å²) in [4.78, 5) is 0. The Morgan fingerprint density at radius 3 is 2.65 bits per heavy atom. The van der Waals surface area contributed by atoms with E-state index in [1.807, 2.05) is 0 Å². The van der Waals surface area contributed by atoms with E-state index in [4.69, 9.17) is 0 Å². The summed E-state index contributed by atoms with van der Waals surface area (Å²) < 4.78 is 0. The Bertz CT molecular complexity index is 379. The molecular formula is C16H25N. The van der Waals surface area contributed by atoms with Gasteiger partial charge in [0.1, 0.15) is 0 Å². The normalized spacial score (nSPS) is 19.8. The van der Waals surface area contributed by atoms with Crippen LogP contribution in [-0.4, -0.2) is 6.54 Å². The van der Waals surface area contributed by atoms with Crippen molar-refractivity contribution in [2.75, 3.05) is 6.54 Å². The molecule has 2 rings (SSSR count). The molecule has 1 aliphatic heterocycles. The monoisotopic (exact) mass is 231 g/mol. The molecule has 0 radical (unpaired) electrons. The lowest BCUT2D eigenvalue weighted by Gasteiger charge is -2.29. The minimum absolute atomic E-state index is 0.687. The zero-order valence-electron chi connectivity index (χ0n) is 11.6. The Kier molecular flexibility index (Phi) is 3.88. The van der Waals surface area contributed by atoms with Crippen LogP contribution < -0.4 is 5.32 Å². The lowest BCUT2D eigenvalue weighted by Crippen LogP contribution is -2.30. The molecule has 1 heteroatoms. The molecule has 0 bridgehead atoms. The van der Waals surface area contributed by atoms with Crippen molar-refractivity contribution in [3.63, 3.8) is 0 Å². The SMILES string of the molecule is CC(C)Cc1ccc2c(c1)CNCC2C(C)C. The molecule has 1 N–H and O–H groups in total. The zero-order valence-corrected chi connectivity index (χ0v) is 11.6. The van der Waals surface area contributed by atoms with Gasteiger partial charge < -0.3 is 5.32 Å². The van der Waals surface area contributed by atoms with Crippen LogP contribution in [0.3, 0.4) is 0 Å². The van der Waals surface area contributed by atoms with Gasteiger partial charge >= 0.3 is 0 Å². The molecule has 1 aromatic rings. The van der Waals surface area contributed by atoms with Gasteiger partial charge in [0.25, 0.3) is 0 Å². The summed E-state index contributed by atoms with van der Waals surface area (Å²) in [5, 5.41) is 3.55. The van der Waals surface area contributed by atoms with E-state index >= 15 is 0 Å². The van der Waals surface area contributed by atoms with Gasteiger partial charge in [-0.25, -0.2) is 0 Å². The highest BCUT2D eigenvalue weighted by Gasteiger charge is 2.22. The van der Waals surface area contributed by atoms with E-state index in [0.717, 1.165) is 24.9 Å². The maximum Gasteiger partial charge on any atom is 0.0208 e. The summed E-state index contributed by atoms with van der Waals surface area (Å²) in [6, 6.07) is 7.12. The molecule has 1 heterocycles. The molecule has 1 aliphatic rings. The summed E-state index contributed by atoms with van der Waals surface area (Å²) in [6.45, 7) is 11.4. The molecule has 0 spiro atoms. The molecule has 17 heavy (non-hydrogen) atoms. The third kappa shape index (κ3) is 2.90. The lowest BCUT2D eigenvalue weighted by molar-refractivity contribution is 0.435. The minimum Gasteiger partial charge on any atom is -0.312 e. The van der Waals surface area contributed by atoms with Crippen molar-refractivity contribution >= 4 is 0 Å². The second kappa shape index (κ2) is 5.22. The smallest absolute Gasteiger partial charge is 0.0208 e. The van der Waals surface area contributed by atoms with Crippen LogP contribution in [0.15, 0.2) is 18.2 Å². The summed E-state index contributed by atoms with van der Waals surface area (Å²) in [6.07, 6.45) is 1.19. The Labute approximate surface area is 106 Å². The zero-order chi connectivity index (χ0) is 12.4. The van der Waals surface area contributed by atoms with E-state index in [-0.39, 0.29) is 0 Å². The van der Waals surface area contributed by atoms with Crippen LogP contribution >= 0.6 is 0 Å². The predicted octanol–water partition coefficient (Wildman–Crippen LogP) is 3.73. The van der Waals surface area contributed by atoms with Crippen LogP contribution in [0.4, 0.5) is 0 Å². The lowest BCUT2D eigenvalue weighted by atomic mass is 9.82. The highest BCUT2D eigenvalue weighted by Crippen LogP contribution is 2.30. The van der Waals surface area contributed by atoms with Gasteiger partial charge in [-0.2, -0.15) is 0 Å². The van der Waals surface area contributed by atoms with Crippen molar-refractivity contribution in [2.24, 2.45) is 11.8 Å². The topological polar surface area (TPSA) is 12.0 Å². The summed E-state index contributed by atoms with van der Waals surface area (Å²) in [5.74, 6) is 2.15. The second-order valence-electron chi connectivity index (χ2n) is 6.11. The minimum atomic E-state index is 0.687. The van der Waals surface area contributed by atoms with Gasteiger partial charge in [0.2, 0.25) is 0 Å². The van der Waals surface area contributed by atoms with E-state index in [2.05, 4.69) is 51.2 Å². The Morgan fingerprint density at radius 2 is 2.00 bits per heavy atom. The number of nitrogens with one attached hydrogen (secondary N) is 1. The predicted molar refractivity (Wildman–Crippen MR) is 74.3 cm³/mol. The molecule has 1 nitrogen and oxygen atoms in total. The summed E-state index contributed by atoms with van der Waals surface area (Å²) >= 11 is 0. The first kappa shape index (κ1) is 12.6. The Morgan fingerprint density at radius 1 is 1.24 bits per heavy atom. The molecular weight excluding hydrogens is 206 g/mol. The van der Waals surface area contributed by atoms with Gasteiger partial charge in [-0.15, -0.1) is 0 Å². The number of hydrogen-bond donors (Lipinski definition) is 1. The molecule has 0 saturated heterocycles. The van der Waals surface area contributed by atoms with Crippen LogP contribution in [0.5, 0.6) is 0 Å². The first-order valence-electron chi connectivity index (χ1n) is 6.90. The molecule has 0 amide bonds. The molecule has 1 atom stereocenters. The fourth-order valence-electron chi connectivity index (χ4n) is 2.84. The third-order valence-electron chi connectivity index (χ3n) is 3.74. The van der Waals surface area contributed by atoms with E-state index in [1.54, 1.807) is 5.56 Å². The van der Waals surface area contributed by atoms with Crippen LogP contribution in [0, 0.1) is 11.8 Å². The fourth-order valence-corrected chi connectivity index (χ4v) is 2.84. The van der Waals surface area contributed by atoms with Gasteiger partial charge in [-0.3, -0.25) is 0 Å². The van der Waals surface area contributed by atoms with Gasteiger partial charge in [-0.1, -0.05) is 45.9 Å². The maximum absolute atomic E-state index is 3.55. The second-order valence-corrected chi connectivity index (χ2v) is 6.11. The molecule has 94 valence electrons. The molecule has 1 unspecified atom stereocenters. The fraction of sp³-hybridized carbons (Fsp3) is 0.625. The van der Waals surface area contributed by atoms with Crippen molar-refractivity contribution in [3.8, 4) is 0 Å². The molecule has 0 aromatic heterocycles. The molecule has 1 aromatic carbocycles. The van der Waals surface area contributed by atoms with Crippen molar-refractivity contribution in [1.82, 2.24) is 5.32 Å². The quantitative estimate of drug-likeness (QED) is 0.836. The largest absolute Gasteiger partial charge is 0.312 e. The maximum atomic E-state index is 3.55. The number of hydrogen-bond acceptors (Lipinski definition) is 1. The van der Waals surface area contributed by atoms with Crippen molar-refractivity contribution in [1.29, 1.82) is 0 Å². The van der Waals surface area contributed by atoms with Crippen LogP contribution in [-0.2, 0) is 13.0 Å². The van der Waals surface area contributed by atoms with Crippen molar-refractivity contribution < 1.29 is 0 Å². The average molecular weight is 231 g/mol. The van der Waals surface area contributed by atoms with Crippen LogP contribution in [0.2, 0.25) is 0 Å². The van der Waals surface area contributed by atoms with Gasteiger partial charge in [0.05, 0.1) is 0 Å². The van der Waals surface area contributed by atoms with Crippen molar-refractivity contribution in [3.05, 3.63) is 34.9 Å². The van der Waals surface area contributed by atoms with E-state index in [0.29, 0.717) is 5.92 Å². The third-order valence-corrected chi connectivity index (χ3v) is 3.74. The Balaban J connectivity index is 2.26. The van der Waals surface area contributed by atoms with Crippen molar-refractivity contribution in [2.45, 2.75) is 46.6 Å². The van der Waals surface area contributed by atoms with Gasteiger partial charge in [0.15, 0.2) is 0 Å².